The smallest absolute Gasteiger partial charge is 0.257 e. The maximum atomic E-state index is 13.6. The molecule has 1 aromatic carbocycles. The first kappa shape index (κ1) is 15.2. The number of benzene rings is 1. The SMILES string of the molecule is Cc1nn(C)c(C)c1C(=O)N(C)Cc1ccc(F)cc1F. The van der Waals surface area contributed by atoms with E-state index in [1.807, 2.05) is 0 Å². The van der Waals surface area contributed by atoms with Crippen LogP contribution in [0.2, 0.25) is 0 Å². The first-order valence-electron chi connectivity index (χ1n) is 6.51. The van der Waals surface area contributed by atoms with E-state index in [1.54, 1.807) is 32.6 Å². The Morgan fingerprint density at radius 1 is 1.33 bits per heavy atom. The fourth-order valence-corrected chi connectivity index (χ4v) is 2.25. The van der Waals surface area contributed by atoms with E-state index in [1.165, 1.54) is 17.0 Å². The molecule has 0 aliphatic carbocycles. The van der Waals surface area contributed by atoms with E-state index in [4.69, 9.17) is 0 Å². The minimum absolute atomic E-state index is 0.0682. The third-order valence-electron chi connectivity index (χ3n) is 3.49. The van der Waals surface area contributed by atoms with Gasteiger partial charge in [-0.15, -0.1) is 0 Å². The van der Waals surface area contributed by atoms with E-state index < -0.39 is 11.6 Å². The van der Waals surface area contributed by atoms with Crippen molar-refractivity contribution in [3.8, 4) is 0 Å². The molecular formula is C15H17F2N3O. The number of hydrogen-bond acceptors (Lipinski definition) is 2. The summed E-state index contributed by atoms with van der Waals surface area (Å²) in [5, 5.41) is 4.20. The molecule has 1 aromatic heterocycles. The lowest BCUT2D eigenvalue weighted by atomic mass is 10.1. The van der Waals surface area contributed by atoms with Gasteiger partial charge < -0.3 is 4.90 Å². The molecule has 0 atom stereocenters. The van der Waals surface area contributed by atoms with E-state index in [9.17, 15) is 13.6 Å². The lowest BCUT2D eigenvalue weighted by molar-refractivity contribution is 0.0782. The predicted octanol–water partition coefficient (Wildman–Crippen LogP) is 2.59. The summed E-state index contributed by atoms with van der Waals surface area (Å²) < 4.78 is 28.2. The minimum atomic E-state index is -0.658. The fraction of sp³-hybridized carbons (Fsp3) is 0.333. The molecule has 0 spiro atoms. The maximum absolute atomic E-state index is 13.6. The zero-order valence-corrected chi connectivity index (χ0v) is 12.4. The monoisotopic (exact) mass is 293 g/mol. The molecule has 0 saturated heterocycles. The van der Waals surface area contributed by atoms with E-state index in [0.717, 1.165) is 11.8 Å². The molecule has 0 radical (unpaired) electrons. The largest absolute Gasteiger partial charge is 0.337 e. The number of hydrogen-bond donors (Lipinski definition) is 0. The number of carbonyl (C=O) groups excluding carboxylic acids is 1. The molecule has 0 saturated carbocycles. The number of aromatic nitrogens is 2. The van der Waals surface area contributed by atoms with Gasteiger partial charge in [0.05, 0.1) is 11.3 Å². The summed E-state index contributed by atoms with van der Waals surface area (Å²) in [6, 6.07) is 3.34. The molecule has 1 heterocycles. The van der Waals surface area contributed by atoms with E-state index in [2.05, 4.69) is 5.10 Å². The van der Waals surface area contributed by atoms with E-state index in [0.29, 0.717) is 11.3 Å². The maximum Gasteiger partial charge on any atom is 0.257 e. The molecule has 0 N–H and O–H groups in total. The van der Waals surface area contributed by atoms with Crippen molar-refractivity contribution in [1.82, 2.24) is 14.7 Å². The normalized spacial score (nSPS) is 10.8. The van der Waals surface area contributed by atoms with Crippen LogP contribution in [0.5, 0.6) is 0 Å². The van der Waals surface area contributed by atoms with Crippen LogP contribution in [-0.4, -0.2) is 27.6 Å². The Morgan fingerprint density at radius 3 is 2.52 bits per heavy atom. The fourth-order valence-electron chi connectivity index (χ4n) is 2.25. The van der Waals surface area contributed by atoms with E-state index >= 15 is 0 Å². The summed E-state index contributed by atoms with van der Waals surface area (Å²) in [5.74, 6) is -1.53. The Morgan fingerprint density at radius 2 is 2.00 bits per heavy atom. The summed E-state index contributed by atoms with van der Waals surface area (Å²) in [6.07, 6.45) is 0. The van der Waals surface area contributed by atoms with Crippen LogP contribution >= 0.6 is 0 Å². The standard InChI is InChI=1S/C15H17F2N3O/c1-9-14(10(2)20(4)18-9)15(21)19(3)8-11-5-6-12(16)7-13(11)17/h5-7H,8H2,1-4H3. The van der Waals surface area contributed by atoms with Crippen molar-refractivity contribution in [2.24, 2.45) is 7.05 Å². The molecule has 6 heteroatoms. The molecule has 0 aliphatic heterocycles. The second kappa shape index (κ2) is 5.63. The van der Waals surface area contributed by atoms with Crippen molar-refractivity contribution < 1.29 is 13.6 Å². The van der Waals surface area contributed by atoms with Gasteiger partial charge in [0.2, 0.25) is 0 Å². The molecule has 2 aromatic rings. The second-order valence-electron chi connectivity index (χ2n) is 5.07. The lowest BCUT2D eigenvalue weighted by Crippen LogP contribution is -2.27. The molecule has 21 heavy (non-hydrogen) atoms. The van der Waals surface area contributed by atoms with Crippen LogP contribution in [0.3, 0.4) is 0 Å². The van der Waals surface area contributed by atoms with Crippen LogP contribution in [0.25, 0.3) is 0 Å². The summed E-state index contributed by atoms with van der Waals surface area (Å²) in [5.41, 5.74) is 2.17. The van der Waals surface area contributed by atoms with Gasteiger partial charge in [0.15, 0.2) is 0 Å². The Labute approximate surface area is 122 Å². The summed E-state index contributed by atoms with van der Waals surface area (Å²) >= 11 is 0. The van der Waals surface area contributed by atoms with Gasteiger partial charge in [-0.25, -0.2) is 8.78 Å². The third kappa shape index (κ3) is 2.94. The Balaban J connectivity index is 2.23. The highest BCUT2D eigenvalue weighted by molar-refractivity contribution is 5.96. The highest BCUT2D eigenvalue weighted by atomic mass is 19.1. The number of amides is 1. The topological polar surface area (TPSA) is 38.1 Å². The summed E-state index contributed by atoms with van der Waals surface area (Å²) in [6.45, 7) is 3.63. The van der Waals surface area contributed by atoms with Crippen molar-refractivity contribution >= 4 is 5.91 Å². The molecule has 0 unspecified atom stereocenters. The van der Waals surface area contributed by atoms with Gasteiger partial charge in [0, 0.05) is 38.0 Å². The van der Waals surface area contributed by atoms with Gasteiger partial charge in [0.1, 0.15) is 11.6 Å². The van der Waals surface area contributed by atoms with Crippen molar-refractivity contribution in [3.63, 3.8) is 0 Å². The van der Waals surface area contributed by atoms with Crippen LogP contribution in [0.4, 0.5) is 8.78 Å². The average Bonchev–Trinajstić information content (AvgIpc) is 2.66. The van der Waals surface area contributed by atoms with Gasteiger partial charge in [0.25, 0.3) is 5.91 Å². The Bertz CT molecular complexity index is 694. The number of halogens is 2. The van der Waals surface area contributed by atoms with Crippen LogP contribution in [0.15, 0.2) is 18.2 Å². The average molecular weight is 293 g/mol. The van der Waals surface area contributed by atoms with Crippen molar-refractivity contribution in [2.75, 3.05) is 7.05 Å². The van der Waals surface area contributed by atoms with Crippen LogP contribution in [0.1, 0.15) is 27.3 Å². The van der Waals surface area contributed by atoms with Crippen molar-refractivity contribution in [1.29, 1.82) is 0 Å². The van der Waals surface area contributed by atoms with Gasteiger partial charge in [-0.1, -0.05) is 6.07 Å². The molecule has 2 rings (SSSR count). The predicted molar refractivity (Wildman–Crippen MR) is 74.8 cm³/mol. The van der Waals surface area contributed by atoms with Crippen LogP contribution < -0.4 is 0 Å². The summed E-state index contributed by atoms with van der Waals surface area (Å²) in [4.78, 5) is 13.9. The zero-order valence-electron chi connectivity index (χ0n) is 12.4. The third-order valence-corrected chi connectivity index (χ3v) is 3.49. The van der Waals surface area contributed by atoms with Crippen molar-refractivity contribution in [2.45, 2.75) is 20.4 Å². The highest BCUT2D eigenvalue weighted by Gasteiger charge is 2.21. The number of nitrogens with zero attached hydrogens (tertiary/aromatic N) is 3. The highest BCUT2D eigenvalue weighted by Crippen LogP contribution is 2.17. The van der Waals surface area contributed by atoms with Crippen molar-refractivity contribution in [3.05, 3.63) is 52.3 Å². The quantitative estimate of drug-likeness (QED) is 0.872. The molecule has 112 valence electrons. The number of rotatable bonds is 3. The molecule has 0 bridgehead atoms. The molecule has 1 amide bonds. The Kier molecular flexibility index (Phi) is 4.06. The van der Waals surface area contributed by atoms with E-state index in [-0.39, 0.29) is 18.0 Å². The molecule has 0 aliphatic rings. The lowest BCUT2D eigenvalue weighted by Gasteiger charge is -2.18. The van der Waals surface area contributed by atoms with Gasteiger partial charge in [-0.2, -0.15) is 5.10 Å². The zero-order chi connectivity index (χ0) is 15.7. The van der Waals surface area contributed by atoms with Crippen LogP contribution in [0, 0.1) is 25.5 Å². The minimum Gasteiger partial charge on any atom is -0.337 e. The van der Waals surface area contributed by atoms with Gasteiger partial charge in [-0.3, -0.25) is 9.48 Å². The molecular weight excluding hydrogens is 276 g/mol. The number of carbonyl (C=O) groups is 1. The first-order valence-corrected chi connectivity index (χ1v) is 6.51. The number of aryl methyl sites for hydroxylation is 2. The summed E-state index contributed by atoms with van der Waals surface area (Å²) in [7, 11) is 3.34. The first-order chi connectivity index (χ1) is 9.81. The van der Waals surface area contributed by atoms with Gasteiger partial charge >= 0.3 is 0 Å². The molecule has 4 nitrogen and oxygen atoms in total. The van der Waals surface area contributed by atoms with Crippen LogP contribution in [-0.2, 0) is 13.6 Å². The second-order valence-corrected chi connectivity index (χ2v) is 5.07. The van der Waals surface area contributed by atoms with Gasteiger partial charge in [-0.05, 0) is 19.9 Å². The Hall–Kier alpha value is -2.24. The molecule has 0 fully saturated rings.